The summed E-state index contributed by atoms with van der Waals surface area (Å²) in [6.45, 7) is 0. The normalized spacial score (nSPS) is 11.1. The second-order valence-corrected chi connectivity index (χ2v) is 12.6. The van der Waals surface area contributed by atoms with E-state index in [1.165, 1.54) is 0 Å². The summed E-state index contributed by atoms with van der Waals surface area (Å²) in [6.07, 6.45) is 0. The van der Waals surface area contributed by atoms with Crippen molar-refractivity contribution in [2.24, 2.45) is 0 Å². The topological polar surface area (TPSA) is 19.6 Å². The minimum atomic E-state index is 0.906. The summed E-state index contributed by atoms with van der Waals surface area (Å²) in [4.78, 5) is 4.67. The van der Waals surface area contributed by atoms with Gasteiger partial charge in [-0.15, -0.1) is 0 Å². The first kappa shape index (κ1) is 30.2. The van der Waals surface area contributed by atoms with Crippen molar-refractivity contribution in [1.29, 1.82) is 0 Å². The molecule has 3 nitrogen and oxygen atoms in total. The number of benzene rings is 8. The van der Waals surface area contributed by atoms with Crippen LogP contribution in [-0.2, 0) is 0 Å². The third-order valence-electron chi connectivity index (χ3n) is 9.40. The van der Waals surface area contributed by atoms with Crippen LogP contribution in [0.2, 0.25) is 0 Å². The van der Waals surface area contributed by atoms with E-state index in [1.807, 2.05) is 12.1 Å². The molecule has 3 heteroatoms. The quantitative estimate of drug-likeness (QED) is 0.163. The Labute approximate surface area is 297 Å². The van der Waals surface area contributed by atoms with Gasteiger partial charge in [0.25, 0.3) is 0 Å². The monoisotopic (exact) mass is 654 g/mol. The summed E-state index contributed by atoms with van der Waals surface area (Å²) < 4.78 is 6.10. The van der Waals surface area contributed by atoms with Crippen molar-refractivity contribution in [3.05, 3.63) is 206 Å². The lowest BCUT2D eigenvalue weighted by atomic mass is 9.98. The molecule has 9 aromatic rings. The van der Waals surface area contributed by atoms with Gasteiger partial charge in [-0.25, -0.2) is 0 Å². The van der Waals surface area contributed by atoms with Gasteiger partial charge >= 0.3 is 0 Å². The zero-order valence-electron chi connectivity index (χ0n) is 27.9. The zero-order valence-corrected chi connectivity index (χ0v) is 27.9. The lowest BCUT2D eigenvalue weighted by molar-refractivity contribution is 0.669. The predicted molar refractivity (Wildman–Crippen MR) is 214 cm³/mol. The molecular weight excluding hydrogens is 621 g/mol. The Morgan fingerprint density at radius 3 is 1.14 bits per heavy atom. The molecule has 0 aliphatic carbocycles. The lowest BCUT2D eigenvalue weighted by Gasteiger charge is -2.30. The first-order valence-electron chi connectivity index (χ1n) is 17.3. The Balaban J connectivity index is 1.20. The molecule has 1 heterocycles. The second-order valence-electron chi connectivity index (χ2n) is 12.6. The Hall–Kier alpha value is -6.84. The summed E-state index contributed by atoms with van der Waals surface area (Å²) in [7, 11) is 0. The fourth-order valence-corrected chi connectivity index (χ4v) is 6.98. The molecule has 242 valence electrons. The van der Waals surface area contributed by atoms with E-state index in [2.05, 4.69) is 204 Å². The second kappa shape index (κ2) is 13.2. The molecule has 0 aliphatic heterocycles. The number of hydrogen-bond acceptors (Lipinski definition) is 3. The molecule has 0 saturated carbocycles. The SMILES string of the molecule is c1ccc(N(c2ccccc2)c2cc(-c3ccc(-c4ccc5oc6ccccc6c5c4)cc3)cc(N(c3ccccc3)c3ccccc3)c2)cc1. The van der Waals surface area contributed by atoms with Gasteiger partial charge in [-0.1, -0.05) is 121 Å². The van der Waals surface area contributed by atoms with Crippen LogP contribution in [0.25, 0.3) is 44.2 Å². The van der Waals surface area contributed by atoms with E-state index in [0.717, 1.165) is 78.3 Å². The van der Waals surface area contributed by atoms with Crippen molar-refractivity contribution < 1.29 is 4.42 Å². The van der Waals surface area contributed by atoms with Crippen LogP contribution >= 0.6 is 0 Å². The highest BCUT2D eigenvalue weighted by molar-refractivity contribution is 6.06. The standard InChI is InChI=1S/C48H34N2O/c1-5-15-39(16-6-1)49(40-17-7-2-8-18-40)43-31-38(32-44(34-43)50(41-19-9-3-10-20-41)42-21-11-4-12-22-42)36-27-25-35(26-28-36)37-29-30-48-46(33-37)45-23-13-14-24-47(45)51-48/h1-34H. The molecule has 8 aromatic carbocycles. The highest BCUT2D eigenvalue weighted by Crippen LogP contribution is 2.43. The largest absolute Gasteiger partial charge is 0.456 e. The maximum atomic E-state index is 6.10. The molecule has 0 N–H and O–H groups in total. The molecule has 0 unspecified atom stereocenters. The van der Waals surface area contributed by atoms with Crippen LogP contribution in [0, 0.1) is 0 Å². The maximum absolute atomic E-state index is 6.10. The molecule has 51 heavy (non-hydrogen) atoms. The van der Waals surface area contributed by atoms with Crippen molar-refractivity contribution in [3.8, 4) is 22.3 Å². The molecule has 0 saturated heterocycles. The molecule has 9 rings (SSSR count). The summed E-state index contributed by atoms with van der Waals surface area (Å²) in [5.74, 6) is 0. The fraction of sp³-hybridized carbons (Fsp3) is 0. The van der Waals surface area contributed by atoms with Gasteiger partial charge in [0.1, 0.15) is 11.2 Å². The maximum Gasteiger partial charge on any atom is 0.135 e. The van der Waals surface area contributed by atoms with Gasteiger partial charge in [0.05, 0.1) is 0 Å². The van der Waals surface area contributed by atoms with Crippen LogP contribution in [-0.4, -0.2) is 0 Å². The van der Waals surface area contributed by atoms with Gasteiger partial charge in [-0.05, 0) is 107 Å². The third-order valence-corrected chi connectivity index (χ3v) is 9.40. The first-order chi connectivity index (χ1) is 25.3. The van der Waals surface area contributed by atoms with Crippen LogP contribution in [0.5, 0.6) is 0 Å². The Morgan fingerprint density at radius 1 is 0.255 bits per heavy atom. The lowest BCUT2D eigenvalue weighted by Crippen LogP contribution is -2.13. The average molecular weight is 655 g/mol. The molecule has 0 aliphatic rings. The van der Waals surface area contributed by atoms with E-state index < -0.39 is 0 Å². The molecule has 1 aromatic heterocycles. The van der Waals surface area contributed by atoms with E-state index >= 15 is 0 Å². The van der Waals surface area contributed by atoms with Crippen molar-refractivity contribution in [3.63, 3.8) is 0 Å². The van der Waals surface area contributed by atoms with Crippen molar-refractivity contribution >= 4 is 56.1 Å². The van der Waals surface area contributed by atoms with E-state index in [1.54, 1.807) is 0 Å². The minimum absolute atomic E-state index is 0.906. The fourth-order valence-electron chi connectivity index (χ4n) is 6.98. The number of rotatable bonds is 8. The van der Waals surface area contributed by atoms with Gasteiger partial charge in [-0.2, -0.15) is 0 Å². The third kappa shape index (κ3) is 5.92. The highest BCUT2D eigenvalue weighted by atomic mass is 16.3. The van der Waals surface area contributed by atoms with Crippen molar-refractivity contribution in [2.45, 2.75) is 0 Å². The Kier molecular flexibility index (Phi) is 7.84. The summed E-state index contributed by atoms with van der Waals surface area (Å²) in [5, 5.41) is 2.27. The number of nitrogens with zero attached hydrogens (tertiary/aromatic N) is 2. The smallest absolute Gasteiger partial charge is 0.135 e. The zero-order chi connectivity index (χ0) is 34.0. The van der Waals surface area contributed by atoms with Crippen molar-refractivity contribution in [2.75, 3.05) is 9.80 Å². The molecule has 0 atom stereocenters. The summed E-state index contributed by atoms with van der Waals surface area (Å²) in [5.41, 5.74) is 12.9. The van der Waals surface area contributed by atoms with E-state index in [-0.39, 0.29) is 0 Å². The van der Waals surface area contributed by atoms with E-state index in [0.29, 0.717) is 0 Å². The van der Waals surface area contributed by atoms with Crippen LogP contribution in [0.4, 0.5) is 34.1 Å². The molecule has 0 bridgehead atoms. The minimum Gasteiger partial charge on any atom is -0.456 e. The molecule has 0 amide bonds. The van der Waals surface area contributed by atoms with Crippen LogP contribution in [0.1, 0.15) is 0 Å². The van der Waals surface area contributed by atoms with E-state index in [9.17, 15) is 0 Å². The molecule has 0 radical (unpaired) electrons. The summed E-state index contributed by atoms with van der Waals surface area (Å²) >= 11 is 0. The van der Waals surface area contributed by atoms with Gasteiger partial charge in [0.15, 0.2) is 0 Å². The number of fused-ring (bicyclic) bond motifs is 3. The summed E-state index contributed by atoms with van der Waals surface area (Å²) in [6, 6.07) is 72.9. The van der Waals surface area contributed by atoms with Crippen LogP contribution in [0.3, 0.4) is 0 Å². The Morgan fingerprint density at radius 2 is 0.647 bits per heavy atom. The molecule has 0 spiro atoms. The van der Waals surface area contributed by atoms with Gasteiger partial charge in [-0.3, -0.25) is 0 Å². The van der Waals surface area contributed by atoms with Crippen LogP contribution in [0.15, 0.2) is 211 Å². The number of hydrogen-bond donors (Lipinski definition) is 0. The van der Waals surface area contributed by atoms with Gasteiger partial charge in [0.2, 0.25) is 0 Å². The number of para-hydroxylation sites is 5. The average Bonchev–Trinajstić information content (AvgIpc) is 3.58. The van der Waals surface area contributed by atoms with Crippen molar-refractivity contribution in [1.82, 2.24) is 0 Å². The first-order valence-corrected chi connectivity index (χ1v) is 17.3. The highest BCUT2D eigenvalue weighted by Gasteiger charge is 2.19. The number of anilines is 6. The molecule has 0 fully saturated rings. The van der Waals surface area contributed by atoms with E-state index in [4.69, 9.17) is 4.42 Å². The Bertz CT molecular complexity index is 2380. The van der Waals surface area contributed by atoms with Gasteiger partial charge < -0.3 is 14.2 Å². The van der Waals surface area contributed by atoms with Gasteiger partial charge in [0, 0.05) is 44.9 Å². The number of furan rings is 1. The van der Waals surface area contributed by atoms with Crippen LogP contribution < -0.4 is 9.80 Å². The molecular formula is C48H34N2O. The predicted octanol–water partition coefficient (Wildman–Crippen LogP) is 13.9.